The van der Waals surface area contributed by atoms with Gasteiger partial charge in [-0.25, -0.2) is 17.2 Å². The van der Waals surface area contributed by atoms with Crippen molar-refractivity contribution in [3.63, 3.8) is 0 Å². The standard InChI is InChI=1S/C12H8BrClF2N2O2S/c13-6-1-2-10(8(14)3-6)18-21(19,20)11-5-7(17)4-9(15)12(11)16/h1-5,18H,17H2. The zero-order valence-corrected chi connectivity index (χ0v) is 13.4. The summed E-state index contributed by atoms with van der Waals surface area (Å²) in [4.78, 5) is -0.890. The van der Waals surface area contributed by atoms with Crippen LogP contribution in [0, 0.1) is 11.6 Å². The third kappa shape index (κ3) is 3.45. The molecule has 2 aromatic carbocycles. The molecule has 2 rings (SSSR count). The van der Waals surface area contributed by atoms with Gasteiger partial charge in [-0.15, -0.1) is 0 Å². The minimum atomic E-state index is -4.37. The number of anilines is 2. The van der Waals surface area contributed by atoms with Crippen LogP contribution in [0.1, 0.15) is 0 Å². The highest BCUT2D eigenvalue weighted by atomic mass is 79.9. The van der Waals surface area contributed by atoms with E-state index in [1.165, 1.54) is 12.1 Å². The van der Waals surface area contributed by atoms with E-state index in [1.54, 1.807) is 6.07 Å². The molecule has 0 unspecified atom stereocenters. The molecule has 0 amide bonds. The van der Waals surface area contributed by atoms with Gasteiger partial charge in [0.1, 0.15) is 4.90 Å². The molecule has 3 N–H and O–H groups in total. The van der Waals surface area contributed by atoms with Gasteiger partial charge in [-0.05, 0) is 30.3 Å². The molecular weight excluding hydrogens is 390 g/mol. The maximum Gasteiger partial charge on any atom is 0.265 e. The molecule has 0 fully saturated rings. The summed E-state index contributed by atoms with van der Waals surface area (Å²) < 4.78 is 53.9. The fourth-order valence-corrected chi connectivity index (χ4v) is 3.53. The van der Waals surface area contributed by atoms with Gasteiger partial charge in [-0.3, -0.25) is 4.72 Å². The maximum atomic E-state index is 13.7. The van der Waals surface area contributed by atoms with Crippen molar-refractivity contribution in [2.45, 2.75) is 4.90 Å². The van der Waals surface area contributed by atoms with E-state index in [9.17, 15) is 17.2 Å². The molecule has 0 bridgehead atoms. The number of hydrogen-bond acceptors (Lipinski definition) is 3. The van der Waals surface area contributed by atoms with Crippen LogP contribution in [0.15, 0.2) is 39.7 Å². The molecule has 0 aliphatic heterocycles. The van der Waals surface area contributed by atoms with Crippen molar-refractivity contribution in [2.24, 2.45) is 0 Å². The van der Waals surface area contributed by atoms with Crippen LogP contribution in [0.2, 0.25) is 5.02 Å². The molecule has 0 heterocycles. The Kier molecular flexibility index (Phi) is 4.40. The first-order valence-corrected chi connectivity index (χ1v) is 8.08. The van der Waals surface area contributed by atoms with Gasteiger partial charge in [-0.2, -0.15) is 0 Å². The summed E-state index contributed by atoms with van der Waals surface area (Å²) in [6.45, 7) is 0. The number of hydrogen-bond donors (Lipinski definition) is 2. The topological polar surface area (TPSA) is 72.2 Å². The highest BCUT2D eigenvalue weighted by molar-refractivity contribution is 9.10. The van der Waals surface area contributed by atoms with Crippen molar-refractivity contribution in [2.75, 3.05) is 10.5 Å². The van der Waals surface area contributed by atoms with Crippen molar-refractivity contribution in [3.8, 4) is 0 Å². The lowest BCUT2D eigenvalue weighted by Gasteiger charge is -2.11. The van der Waals surface area contributed by atoms with Gasteiger partial charge in [0.15, 0.2) is 11.6 Å². The normalized spacial score (nSPS) is 11.4. The molecular formula is C12H8BrClF2N2O2S. The number of benzene rings is 2. The Morgan fingerprint density at radius 3 is 2.48 bits per heavy atom. The summed E-state index contributed by atoms with van der Waals surface area (Å²) in [6.07, 6.45) is 0. The van der Waals surface area contributed by atoms with E-state index < -0.39 is 26.6 Å². The number of halogens is 4. The van der Waals surface area contributed by atoms with Gasteiger partial charge in [0, 0.05) is 10.2 Å². The third-order valence-corrected chi connectivity index (χ3v) is 4.65. The second kappa shape index (κ2) is 5.78. The molecule has 0 saturated heterocycles. The average Bonchev–Trinajstić information content (AvgIpc) is 2.37. The molecule has 0 spiro atoms. The summed E-state index contributed by atoms with van der Waals surface area (Å²) in [5.41, 5.74) is 5.15. The molecule has 0 atom stereocenters. The van der Waals surface area contributed by atoms with Crippen LogP contribution in [0.25, 0.3) is 0 Å². The van der Waals surface area contributed by atoms with Crippen LogP contribution < -0.4 is 10.5 Å². The quantitative estimate of drug-likeness (QED) is 0.775. The van der Waals surface area contributed by atoms with Gasteiger partial charge in [0.05, 0.1) is 10.7 Å². The van der Waals surface area contributed by atoms with Gasteiger partial charge in [0.25, 0.3) is 10.0 Å². The second-order valence-corrected chi connectivity index (χ2v) is 7.02. The first-order chi connectivity index (χ1) is 9.70. The van der Waals surface area contributed by atoms with Crippen LogP contribution in [-0.2, 0) is 10.0 Å². The van der Waals surface area contributed by atoms with Crippen LogP contribution >= 0.6 is 27.5 Å². The molecule has 0 saturated carbocycles. The largest absolute Gasteiger partial charge is 0.399 e. The van der Waals surface area contributed by atoms with Crippen molar-refractivity contribution >= 4 is 48.9 Å². The van der Waals surface area contributed by atoms with Crippen LogP contribution in [0.3, 0.4) is 0 Å². The number of nitrogens with one attached hydrogen (secondary N) is 1. The lowest BCUT2D eigenvalue weighted by molar-refractivity contribution is 0.486. The van der Waals surface area contributed by atoms with Crippen molar-refractivity contribution < 1.29 is 17.2 Å². The zero-order valence-electron chi connectivity index (χ0n) is 10.2. The number of rotatable bonds is 3. The Bertz CT molecular complexity index is 815. The first-order valence-electron chi connectivity index (χ1n) is 5.43. The molecule has 4 nitrogen and oxygen atoms in total. The minimum absolute atomic E-state index is 0.0297. The summed E-state index contributed by atoms with van der Waals surface area (Å²) >= 11 is 9.04. The monoisotopic (exact) mass is 396 g/mol. The van der Waals surface area contributed by atoms with Crippen molar-refractivity contribution in [3.05, 3.63) is 51.5 Å². The van der Waals surface area contributed by atoms with Crippen molar-refractivity contribution in [1.29, 1.82) is 0 Å². The summed E-state index contributed by atoms with van der Waals surface area (Å²) in [5, 5.41) is 0.0951. The van der Waals surface area contributed by atoms with E-state index in [2.05, 4.69) is 20.7 Å². The Hall–Kier alpha value is -1.38. The molecule has 9 heteroatoms. The van der Waals surface area contributed by atoms with Crippen molar-refractivity contribution in [1.82, 2.24) is 0 Å². The van der Waals surface area contributed by atoms with Gasteiger partial charge in [-0.1, -0.05) is 27.5 Å². The van der Waals surface area contributed by atoms with E-state index in [1.807, 2.05) is 0 Å². The third-order valence-electron chi connectivity index (χ3n) is 2.48. The summed E-state index contributed by atoms with van der Waals surface area (Å²) in [5.74, 6) is -2.86. The van der Waals surface area contributed by atoms with E-state index in [0.717, 1.165) is 6.07 Å². The van der Waals surface area contributed by atoms with Crippen LogP contribution in [-0.4, -0.2) is 8.42 Å². The molecule has 21 heavy (non-hydrogen) atoms. The summed E-state index contributed by atoms with van der Waals surface area (Å²) in [7, 11) is -4.37. The van der Waals surface area contributed by atoms with E-state index >= 15 is 0 Å². The second-order valence-electron chi connectivity index (χ2n) is 4.04. The Labute approximate surface area is 133 Å². The molecule has 112 valence electrons. The Balaban J connectivity index is 2.48. The van der Waals surface area contributed by atoms with Gasteiger partial charge >= 0.3 is 0 Å². The van der Waals surface area contributed by atoms with Gasteiger partial charge < -0.3 is 5.73 Å². The predicted octanol–water partition coefficient (Wildman–Crippen LogP) is 3.76. The number of nitrogen functional groups attached to an aromatic ring is 1. The fraction of sp³-hybridized carbons (Fsp3) is 0. The molecule has 0 radical (unpaired) electrons. The smallest absolute Gasteiger partial charge is 0.265 e. The minimum Gasteiger partial charge on any atom is -0.399 e. The summed E-state index contributed by atoms with van der Waals surface area (Å²) in [6, 6.07) is 5.90. The first kappa shape index (κ1) is 16.0. The molecule has 0 aliphatic carbocycles. The molecule has 2 aromatic rings. The SMILES string of the molecule is Nc1cc(F)c(F)c(S(=O)(=O)Nc2ccc(Br)cc2Cl)c1. The van der Waals surface area contributed by atoms with Gasteiger partial charge in [0.2, 0.25) is 0 Å². The highest BCUT2D eigenvalue weighted by Crippen LogP contribution is 2.29. The Morgan fingerprint density at radius 1 is 1.19 bits per heavy atom. The van der Waals surface area contributed by atoms with E-state index in [4.69, 9.17) is 17.3 Å². The number of sulfonamides is 1. The maximum absolute atomic E-state index is 13.7. The average molecular weight is 398 g/mol. The predicted molar refractivity (Wildman–Crippen MR) is 80.7 cm³/mol. The highest BCUT2D eigenvalue weighted by Gasteiger charge is 2.23. The lowest BCUT2D eigenvalue weighted by Crippen LogP contribution is -2.16. The number of nitrogens with two attached hydrogens (primary N) is 1. The Morgan fingerprint density at radius 2 is 1.86 bits per heavy atom. The molecule has 0 aromatic heterocycles. The van der Waals surface area contributed by atoms with Crippen LogP contribution in [0.5, 0.6) is 0 Å². The van der Waals surface area contributed by atoms with Crippen LogP contribution in [0.4, 0.5) is 20.2 Å². The lowest BCUT2D eigenvalue weighted by atomic mass is 10.3. The zero-order chi connectivity index (χ0) is 15.8. The van der Waals surface area contributed by atoms with E-state index in [0.29, 0.717) is 10.5 Å². The fourth-order valence-electron chi connectivity index (χ4n) is 1.55. The van der Waals surface area contributed by atoms with E-state index in [-0.39, 0.29) is 16.4 Å². The molecule has 0 aliphatic rings.